The summed E-state index contributed by atoms with van der Waals surface area (Å²) in [6.07, 6.45) is -4.16. The molecule has 1 fully saturated rings. The number of carbonyl (C=O) groups is 1. The molecule has 0 amide bonds. The van der Waals surface area contributed by atoms with Crippen molar-refractivity contribution in [2.24, 2.45) is 5.92 Å². The smallest absolute Gasteiger partial charge is 0.338 e. The predicted molar refractivity (Wildman–Crippen MR) is 123 cm³/mol. The van der Waals surface area contributed by atoms with Gasteiger partial charge in [-0.15, -0.1) is 0 Å². The molecule has 2 unspecified atom stereocenters. The van der Waals surface area contributed by atoms with Crippen LogP contribution in [0.5, 0.6) is 0 Å². The number of rotatable bonds is 5. The normalized spacial score (nSPS) is 23.7. The second-order valence-electron chi connectivity index (χ2n) is 7.78. The second-order valence-corrected chi connectivity index (χ2v) is 8.60. The summed E-state index contributed by atoms with van der Waals surface area (Å²) in [7, 11) is 0. The van der Waals surface area contributed by atoms with Crippen LogP contribution in [-0.2, 0) is 9.47 Å². The van der Waals surface area contributed by atoms with E-state index < -0.39 is 36.5 Å². The molecule has 1 heterocycles. The van der Waals surface area contributed by atoms with Gasteiger partial charge in [0.25, 0.3) is 0 Å². The maximum Gasteiger partial charge on any atom is 0.338 e. The molecule has 0 aliphatic carbocycles. The van der Waals surface area contributed by atoms with E-state index in [2.05, 4.69) is 0 Å². The lowest BCUT2D eigenvalue weighted by atomic mass is 9.92. The van der Waals surface area contributed by atoms with E-state index >= 15 is 0 Å². The van der Waals surface area contributed by atoms with Gasteiger partial charge >= 0.3 is 5.97 Å². The van der Waals surface area contributed by atoms with Crippen molar-refractivity contribution in [3.8, 4) is 11.1 Å². The quantitative estimate of drug-likeness (QED) is 0.494. The van der Waals surface area contributed by atoms with Crippen LogP contribution >= 0.6 is 23.2 Å². The Morgan fingerprint density at radius 1 is 0.938 bits per heavy atom. The highest BCUT2D eigenvalue weighted by Gasteiger charge is 2.46. The van der Waals surface area contributed by atoms with Gasteiger partial charge in [0.15, 0.2) is 12.4 Å². The lowest BCUT2D eigenvalue weighted by Crippen LogP contribution is -2.30. The van der Waals surface area contributed by atoms with Gasteiger partial charge in [0, 0.05) is 5.92 Å². The maximum atomic E-state index is 13.0. The van der Waals surface area contributed by atoms with Crippen molar-refractivity contribution >= 4 is 29.2 Å². The minimum Gasteiger partial charge on any atom is -0.451 e. The Balaban J connectivity index is 1.60. The third-order valence-electron chi connectivity index (χ3n) is 5.68. The molecular formula is C25H22Cl2O5. The molecule has 5 nitrogen and oxygen atoms in total. The van der Waals surface area contributed by atoms with Crippen LogP contribution in [0.15, 0.2) is 72.8 Å². The Morgan fingerprint density at radius 2 is 1.59 bits per heavy atom. The molecule has 0 radical (unpaired) electrons. The molecule has 5 atom stereocenters. The molecular weight excluding hydrogens is 451 g/mol. The van der Waals surface area contributed by atoms with Gasteiger partial charge in [-0.25, -0.2) is 4.79 Å². The van der Waals surface area contributed by atoms with Crippen molar-refractivity contribution in [3.05, 3.63) is 94.0 Å². The van der Waals surface area contributed by atoms with Gasteiger partial charge in [-0.2, -0.15) is 0 Å². The monoisotopic (exact) mass is 472 g/mol. The van der Waals surface area contributed by atoms with E-state index in [0.717, 1.165) is 11.1 Å². The van der Waals surface area contributed by atoms with Crippen LogP contribution in [-0.4, -0.2) is 34.7 Å². The topological polar surface area (TPSA) is 76.0 Å². The van der Waals surface area contributed by atoms with Crippen LogP contribution in [0.1, 0.15) is 28.9 Å². The summed E-state index contributed by atoms with van der Waals surface area (Å²) in [5.41, 5.74) is 2.92. The number of esters is 1. The molecule has 1 aliphatic heterocycles. The van der Waals surface area contributed by atoms with Crippen LogP contribution in [0.3, 0.4) is 0 Å². The summed E-state index contributed by atoms with van der Waals surface area (Å²) < 4.78 is 11.4. The van der Waals surface area contributed by atoms with Crippen LogP contribution in [0.4, 0.5) is 0 Å². The van der Waals surface area contributed by atoms with E-state index in [1.165, 1.54) is 0 Å². The number of aliphatic hydroxyl groups is 2. The Bertz CT molecular complexity index is 1090. The molecule has 166 valence electrons. The first-order valence-corrected chi connectivity index (χ1v) is 10.9. The van der Waals surface area contributed by atoms with Gasteiger partial charge in [-0.3, -0.25) is 0 Å². The number of benzene rings is 3. The first-order chi connectivity index (χ1) is 15.3. The highest BCUT2D eigenvalue weighted by molar-refractivity contribution is 6.42. The van der Waals surface area contributed by atoms with Crippen molar-refractivity contribution in [1.82, 2.24) is 0 Å². The van der Waals surface area contributed by atoms with E-state index in [-0.39, 0.29) is 0 Å². The first-order valence-electron chi connectivity index (χ1n) is 10.2. The average molecular weight is 473 g/mol. The van der Waals surface area contributed by atoms with Crippen LogP contribution in [0.2, 0.25) is 10.0 Å². The Morgan fingerprint density at radius 3 is 2.19 bits per heavy atom. The lowest BCUT2D eigenvalue weighted by molar-refractivity contribution is -0.147. The molecule has 3 aromatic carbocycles. The summed E-state index contributed by atoms with van der Waals surface area (Å²) >= 11 is 12.2. The van der Waals surface area contributed by atoms with E-state index in [9.17, 15) is 15.0 Å². The largest absolute Gasteiger partial charge is 0.451 e. The van der Waals surface area contributed by atoms with Gasteiger partial charge < -0.3 is 19.7 Å². The van der Waals surface area contributed by atoms with Gasteiger partial charge in [0.05, 0.1) is 15.6 Å². The Kier molecular flexibility index (Phi) is 6.84. The minimum absolute atomic E-state index is 0.296. The number of carbonyl (C=O) groups excluding carboxylic acids is 1. The standard InChI is InChI=1S/C25H22Cl2O5/c1-14-21(28)25(30)31-22(14)23(18-11-12-19(26)20(27)13-18)32-24(29)17-9-7-16(8-10-17)15-5-3-2-4-6-15/h2-14,21-23,25,28,30H,1H3/t14?,21-,22+,23-,25?/m1/s1. The molecule has 0 saturated carbocycles. The van der Waals surface area contributed by atoms with E-state index in [0.29, 0.717) is 21.2 Å². The number of ether oxygens (including phenoxy) is 2. The average Bonchev–Trinajstić information content (AvgIpc) is 3.07. The van der Waals surface area contributed by atoms with Gasteiger partial charge in [-0.05, 0) is 41.0 Å². The fourth-order valence-electron chi connectivity index (χ4n) is 3.79. The SMILES string of the molecule is CC1[C@@H](O)C(O)O[C@@H]1[C@H](OC(=O)c1ccc(-c2ccccc2)cc1)c1ccc(Cl)c(Cl)c1. The first kappa shape index (κ1) is 22.8. The van der Waals surface area contributed by atoms with Crippen molar-refractivity contribution in [1.29, 1.82) is 0 Å². The molecule has 1 aliphatic rings. The van der Waals surface area contributed by atoms with Crippen LogP contribution in [0, 0.1) is 5.92 Å². The zero-order chi connectivity index (χ0) is 22.8. The van der Waals surface area contributed by atoms with E-state index in [4.69, 9.17) is 32.7 Å². The summed E-state index contributed by atoms with van der Waals surface area (Å²) in [6, 6.07) is 21.8. The third kappa shape index (κ3) is 4.68. The fourth-order valence-corrected chi connectivity index (χ4v) is 4.10. The molecule has 7 heteroatoms. The lowest BCUT2D eigenvalue weighted by Gasteiger charge is -2.27. The van der Waals surface area contributed by atoms with E-state index in [1.54, 1.807) is 37.3 Å². The molecule has 0 spiro atoms. The highest BCUT2D eigenvalue weighted by Crippen LogP contribution is 2.38. The van der Waals surface area contributed by atoms with E-state index in [1.807, 2.05) is 42.5 Å². The van der Waals surface area contributed by atoms with Crippen molar-refractivity contribution < 1.29 is 24.5 Å². The molecule has 0 aromatic heterocycles. The summed E-state index contributed by atoms with van der Waals surface area (Å²) in [5.74, 6) is -1.05. The summed E-state index contributed by atoms with van der Waals surface area (Å²) in [4.78, 5) is 13.0. The Hall–Kier alpha value is -2.41. The van der Waals surface area contributed by atoms with Crippen LogP contribution in [0.25, 0.3) is 11.1 Å². The zero-order valence-corrected chi connectivity index (χ0v) is 18.7. The number of hydrogen-bond donors (Lipinski definition) is 2. The second kappa shape index (κ2) is 9.61. The van der Waals surface area contributed by atoms with Gasteiger partial charge in [-0.1, -0.05) is 78.7 Å². The molecule has 2 N–H and O–H groups in total. The zero-order valence-electron chi connectivity index (χ0n) is 17.2. The maximum absolute atomic E-state index is 13.0. The molecule has 1 saturated heterocycles. The molecule has 4 rings (SSSR count). The van der Waals surface area contributed by atoms with Crippen molar-refractivity contribution in [2.45, 2.75) is 31.5 Å². The number of aliphatic hydroxyl groups excluding tert-OH is 2. The van der Waals surface area contributed by atoms with Crippen molar-refractivity contribution in [2.75, 3.05) is 0 Å². The summed E-state index contributed by atoms with van der Waals surface area (Å²) in [5, 5.41) is 20.8. The van der Waals surface area contributed by atoms with Gasteiger partial charge in [0.1, 0.15) is 12.2 Å². The minimum atomic E-state index is -1.37. The molecule has 3 aromatic rings. The Labute approximate surface area is 196 Å². The molecule has 32 heavy (non-hydrogen) atoms. The number of halogens is 2. The molecule has 0 bridgehead atoms. The predicted octanol–water partition coefficient (Wildman–Crippen LogP) is 5.27. The fraction of sp³-hybridized carbons (Fsp3) is 0.240. The highest BCUT2D eigenvalue weighted by atomic mass is 35.5. The third-order valence-corrected chi connectivity index (χ3v) is 6.42. The summed E-state index contributed by atoms with van der Waals surface area (Å²) in [6.45, 7) is 1.72. The van der Waals surface area contributed by atoms with Crippen LogP contribution < -0.4 is 0 Å². The van der Waals surface area contributed by atoms with Gasteiger partial charge in [0.2, 0.25) is 0 Å². The van der Waals surface area contributed by atoms with Crippen molar-refractivity contribution in [3.63, 3.8) is 0 Å². The number of hydrogen-bond acceptors (Lipinski definition) is 5.